The molecule has 0 aromatic heterocycles. The molecule has 9 nitrogen and oxygen atoms in total. The zero-order chi connectivity index (χ0) is 61.8. The number of carbonyl (C=O) groups excluding carboxylic acids is 1. The molecular formula is C76H135NO8Si. The van der Waals surface area contributed by atoms with Crippen molar-refractivity contribution < 1.29 is 37.6 Å². The van der Waals surface area contributed by atoms with Crippen molar-refractivity contribution in [3.63, 3.8) is 0 Å². The maximum absolute atomic E-state index is 13.5. The van der Waals surface area contributed by atoms with Crippen LogP contribution in [-0.2, 0) is 32.8 Å². The van der Waals surface area contributed by atoms with Crippen molar-refractivity contribution in [1.82, 2.24) is 5.32 Å². The van der Waals surface area contributed by atoms with Gasteiger partial charge in [0.15, 0.2) is 0 Å². The van der Waals surface area contributed by atoms with Crippen LogP contribution in [-0.4, -0.2) is 99.2 Å². The number of allylic oxidation sites excluding steroid dienone is 4. The van der Waals surface area contributed by atoms with Crippen LogP contribution in [0.3, 0.4) is 0 Å². The first kappa shape index (κ1) is 79.3. The molecule has 86 heavy (non-hydrogen) atoms. The summed E-state index contributed by atoms with van der Waals surface area (Å²) in [5.74, 6) is 0. The molecule has 2 aromatic rings. The van der Waals surface area contributed by atoms with E-state index >= 15 is 0 Å². The van der Waals surface area contributed by atoms with Crippen molar-refractivity contribution in [3.05, 3.63) is 85.0 Å². The maximum Gasteiger partial charge on any atom is 0.407 e. The van der Waals surface area contributed by atoms with Gasteiger partial charge < -0.3 is 38.2 Å². The molecule has 1 amide bonds. The van der Waals surface area contributed by atoms with Gasteiger partial charge in [-0.1, -0.05) is 300 Å². The fourth-order valence-corrected chi connectivity index (χ4v) is 16.2. The molecule has 0 saturated heterocycles. The van der Waals surface area contributed by atoms with Crippen LogP contribution in [0.5, 0.6) is 0 Å². The minimum Gasteiger partial charge on any atom is -0.443 e. The molecule has 0 saturated carbocycles. The van der Waals surface area contributed by atoms with E-state index in [9.17, 15) is 4.79 Å². The van der Waals surface area contributed by atoms with Gasteiger partial charge >= 0.3 is 6.09 Å². The van der Waals surface area contributed by atoms with Gasteiger partial charge in [-0.3, -0.25) is 0 Å². The van der Waals surface area contributed by atoms with Gasteiger partial charge in [0.05, 0.1) is 52.9 Å². The van der Waals surface area contributed by atoms with Crippen molar-refractivity contribution in [2.75, 3.05) is 72.6 Å². The van der Waals surface area contributed by atoms with Crippen LogP contribution in [0.2, 0.25) is 5.04 Å². The van der Waals surface area contributed by atoms with Crippen molar-refractivity contribution in [1.29, 1.82) is 0 Å². The van der Waals surface area contributed by atoms with E-state index in [1.54, 1.807) is 0 Å². The van der Waals surface area contributed by atoms with E-state index in [0.29, 0.717) is 72.6 Å². The van der Waals surface area contributed by atoms with Crippen molar-refractivity contribution in [2.45, 2.75) is 309 Å². The molecule has 2 unspecified atom stereocenters. The quantitative estimate of drug-likeness (QED) is 0.0398. The number of alkyl carbamates (subject to hydrolysis) is 1. The van der Waals surface area contributed by atoms with E-state index < -0.39 is 14.4 Å². The molecule has 2 aromatic carbocycles. The van der Waals surface area contributed by atoms with Crippen molar-refractivity contribution >= 4 is 24.8 Å². The van der Waals surface area contributed by atoms with Gasteiger partial charge in [-0.15, -0.1) is 0 Å². The summed E-state index contributed by atoms with van der Waals surface area (Å²) < 4.78 is 44.0. The van der Waals surface area contributed by atoms with E-state index in [-0.39, 0.29) is 17.2 Å². The minimum absolute atomic E-state index is 0.0797. The summed E-state index contributed by atoms with van der Waals surface area (Å²) in [6.07, 6.45) is 57.8. The Morgan fingerprint density at radius 1 is 0.407 bits per heavy atom. The Labute approximate surface area is 531 Å². The van der Waals surface area contributed by atoms with Crippen LogP contribution in [0.4, 0.5) is 4.79 Å². The van der Waals surface area contributed by atoms with Crippen LogP contribution >= 0.6 is 0 Å². The smallest absolute Gasteiger partial charge is 0.407 e. The SMILES string of the molecule is CCCCCCCC/C=C\CCCCCCCCOCC(OCCCCCCCC/C=C\CCCCCCCC)C(CCCCCCCCCCCC)OC(=O)NCCOCCOCCOCCO[Si](c1ccccc1)(c1ccccc1)C(C)(C)C. The lowest BCUT2D eigenvalue weighted by molar-refractivity contribution is -0.0864. The van der Waals surface area contributed by atoms with Gasteiger partial charge in [0.25, 0.3) is 8.32 Å². The fraction of sp³-hybridized carbons (Fsp3) is 0.776. The highest BCUT2D eigenvalue weighted by molar-refractivity contribution is 6.99. The average molecular weight is 1220 g/mol. The van der Waals surface area contributed by atoms with E-state index in [1.807, 2.05) is 0 Å². The summed E-state index contributed by atoms with van der Waals surface area (Å²) in [6, 6.07) is 21.4. The van der Waals surface area contributed by atoms with Crippen LogP contribution in [0.25, 0.3) is 0 Å². The number of unbranched alkanes of at least 4 members (excludes halogenated alkanes) is 33. The molecule has 2 rings (SSSR count). The van der Waals surface area contributed by atoms with Gasteiger partial charge in [-0.25, -0.2) is 4.79 Å². The highest BCUT2D eigenvalue weighted by Crippen LogP contribution is 2.36. The number of hydrogen-bond acceptors (Lipinski definition) is 8. The monoisotopic (exact) mass is 1220 g/mol. The summed E-state index contributed by atoms with van der Waals surface area (Å²) in [5.41, 5.74) is 0. The zero-order valence-electron chi connectivity index (χ0n) is 56.9. The van der Waals surface area contributed by atoms with Crippen LogP contribution < -0.4 is 15.7 Å². The van der Waals surface area contributed by atoms with Gasteiger partial charge in [-0.05, 0) is 92.5 Å². The van der Waals surface area contributed by atoms with E-state index in [4.69, 9.17) is 32.8 Å². The molecule has 10 heteroatoms. The maximum atomic E-state index is 13.5. The minimum atomic E-state index is -2.60. The van der Waals surface area contributed by atoms with E-state index in [2.05, 4.69) is 132 Å². The molecule has 1 N–H and O–H groups in total. The normalized spacial score (nSPS) is 12.9. The van der Waals surface area contributed by atoms with E-state index in [0.717, 1.165) is 38.5 Å². The largest absolute Gasteiger partial charge is 0.443 e. The Hall–Kier alpha value is -2.83. The van der Waals surface area contributed by atoms with Gasteiger partial charge in [-0.2, -0.15) is 0 Å². The number of benzene rings is 2. The second kappa shape index (κ2) is 58.5. The third kappa shape index (κ3) is 43.0. The topological polar surface area (TPSA) is 93.7 Å². The Balaban J connectivity index is 1.84. The molecule has 0 radical (unpaired) electrons. The first-order valence-electron chi connectivity index (χ1n) is 36.2. The van der Waals surface area contributed by atoms with Crippen molar-refractivity contribution in [2.24, 2.45) is 0 Å². The second-order valence-electron chi connectivity index (χ2n) is 25.5. The van der Waals surface area contributed by atoms with Crippen molar-refractivity contribution in [3.8, 4) is 0 Å². The fourth-order valence-electron chi connectivity index (χ4n) is 11.6. The van der Waals surface area contributed by atoms with Crippen LogP contribution in [0.1, 0.15) is 292 Å². The summed E-state index contributed by atoms with van der Waals surface area (Å²) in [7, 11) is -2.60. The third-order valence-corrected chi connectivity index (χ3v) is 21.9. The summed E-state index contributed by atoms with van der Waals surface area (Å²) >= 11 is 0. The van der Waals surface area contributed by atoms with E-state index in [1.165, 1.54) is 222 Å². The Morgan fingerprint density at radius 3 is 1.19 bits per heavy atom. The number of ether oxygens (including phenoxy) is 6. The number of amides is 1. The number of rotatable bonds is 63. The molecule has 0 heterocycles. The predicted molar refractivity (Wildman–Crippen MR) is 370 cm³/mol. The molecule has 0 bridgehead atoms. The molecule has 0 fully saturated rings. The lowest BCUT2D eigenvalue weighted by Gasteiger charge is -2.43. The molecule has 0 spiro atoms. The van der Waals surface area contributed by atoms with Crippen LogP contribution in [0, 0.1) is 0 Å². The highest BCUT2D eigenvalue weighted by atomic mass is 28.4. The second-order valence-corrected chi connectivity index (χ2v) is 29.9. The number of hydrogen-bond donors (Lipinski definition) is 1. The highest BCUT2D eigenvalue weighted by Gasteiger charge is 2.50. The van der Waals surface area contributed by atoms with Gasteiger partial charge in [0, 0.05) is 19.8 Å². The Bertz CT molecular complexity index is 1750. The lowest BCUT2D eigenvalue weighted by Crippen LogP contribution is -2.66. The molecule has 0 aliphatic rings. The summed E-state index contributed by atoms with van der Waals surface area (Å²) in [4.78, 5) is 13.5. The molecule has 496 valence electrons. The van der Waals surface area contributed by atoms with Gasteiger partial charge in [0.1, 0.15) is 12.2 Å². The first-order valence-corrected chi connectivity index (χ1v) is 38.1. The standard InChI is InChI=1S/C76H135NO8Si/c1-7-10-13-16-19-22-25-27-29-31-33-35-38-41-44-53-61-82-70-74(83-62-54-45-42-39-36-34-32-30-28-26-23-20-17-14-11-8-2)73(59-52-43-40-37-24-21-18-15-12-9-3)85-75(78)77-60-63-79-64-65-80-66-67-81-68-69-84-86(76(4,5)6,71-55-48-46-49-56-71)72-57-50-47-51-58-72/h27-30,46-51,55-58,73-74H,7-26,31-45,52-54,59-70H2,1-6H3,(H,77,78)/b29-27-,30-28-. The lowest BCUT2D eigenvalue weighted by atomic mass is 10.0. The molecule has 0 aliphatic carbocycles. The third-order valence-electron chi connectivity index (χ3n) is 16.8. The zero-order valence-corrected chi connectivity index (χ0v) is 57.9. The van der Waals surface area contributed by atoms with Crippen LogP contribution in [0.15, 0.2) is 85.0 Å². The average Bonchev–Trinajstić information content (AvgIpc) is 0.844. The molecule has 0 aliphatic heterocycles. The summed E-state index contributed by atoms with van der Waals surface area (Å²) in [6.45, 7) is 19.1. The van der Waals surface area contributed by atoms with Gasteiger partial charge in [0.2, 0.25) is 0 Å². The number of nitrogens with one attached hydrogen (secondary N) is 1. The predicted octanol–water partition coefficient (Wildman–Crippen LogP) is 20.5. The molecular weight excluding hydrogens is 1080 g/mol. The summed E-state index contributed by atoms with van der Waals surface area (Å²) in [5, 5.41) is 5.42. The Kier molecular flexibility index (Phi) is 53.9. The Morgan fingerprint density at radius 2 is 0.767 bits per heavy atom. The first-order chi connectivity index (χ1) is 42.3. The molecule has 2 atom stereocenters. The number of carbonyl (C=O) groups is 1.